The van der Waals surface area contributed by atoms with Crippen LogP contribution in [0, 0.1) is 0 Å². The molecule has 2 rings (SSSR count). The summed E-state index contributed by atoms with van der Waals surface area (Å²) < 4.78 is 1.77. The lowest BCUT2D eigenvalue weighted by atomic mass is 10.1. The van der Waals surface area contributed by atoms with Gasteiger partial charge in [0.1, 0.15) is 0 Å². The molecule has 0 aromatic carbocycles. The monoisotopic (exact) mass is 290 g/mol. The molecule has 0 aliphatic heterocycles. The predicted octanol–water partition coefficient (Wildman–Crippen LogP) is 2.54. The van der Waals surface area contributed by atoms with Crippen molar-refractivity contribution in [1.29, 1.82) is 0 Å². The van der Waals surface area contributed by atoms with Crippen molar-refractivity contribution < 1.29 is 4.79 Å². The zero-order valence-corrected chi connectivity index (χ0v) is 12.9. The Morgan fingerprint density at radius 2 is 2.05 bits per heavy atom. The van der Waals surface area contributed by atoms with Crippen LogP contribution in [-0.2, 0) is 13.5 Å². The quantitative estimate of drug-likeness (QED) is 0.791. The number of amides is 2. The van der Waals surface area contributed by atoms with E-state index < -0.39 is 0 Å². The largest absolute Gasteiger partial charge is 0.338 e. The van der Waals surface area contributed by atoms with E-state index in [0.29, 0.717) is 6.54 Å². The number of aryl methyl sites for hydroxylation is 1. The number of rotatable bonds is 6. The van der Waals surface area contributed by atoms with Gasteiger partial charge in [-0.3, -0.25) is 4.68 Å². The van der Waals surface area contributed by atoms with Crippen LogP contribution in [0.2, 0.25) is 0 Å². The number of carbonyl (C=O) groups excluding carboxylic acids is 1. The lowest BCUT2D eigenvalue weighted by Gasteiger charge is -2.08. The van der Waals surface area contributed by atoms with Crippen LogP contribution in [0.3, 0.4) is 0 Å². The molecule has 0 spiro atoms. The maximum Gasteiger partial charge on any atom is 0.314 e. The molecule has 0 saturated carbocycles. The number of allylic oxidation sites excluding steroid dienone is 1. The zero-order chi connectivity index (χ0) is 14.9. The molecular weight excluding hydrogens is 264 g/mol. The van der Waals surface area contributed by atoms with E-state index in [-0.39, 0.29) is 6.03 Å². The van der Waals surface area contributed by atoms with Gasteiger partial charge in [-0.25, -0.2) is 4.79 Å². The molecule has 0 saturated heterocycles. The first-order chi connectivity index (χ1) is 10.2. The lowest BCUT2D eigenvalue weighted by molar-refractivity contribution is 0.241. The summed E-state index contributed by atoms with van der Waals surface area (Å²) in [4.78, 5) is 11.7. The van der Waals surface area contributed by atoms with E-state index in [0.717, 1.165) is 25.1 Å². The third-order valence-electron chi connectivity index (χ3n) is 3.80. The molecule has 0 fully saturated rings. The van der Waals surface area contributed by atoms with Crippen molar-refractivity contribution in [2.75, 3.05) is 13.1 Å². The van der Waals surface area contributed by atoms with E-state index in [1.807, 2.05) is 19.3 Å². The highest BCUT2D eigenvalue weighted by Crippen LogP contribution is 2.18. The first-order valence-corrected chi connectivity index (χ1v) is 7.92. The highest BCUT2D eigenvalue weighted by atomic mass is 16.2. The van der Waals surface area contributed by atoms with Crippen molar-refractivity contribution in [3.63, 3.8) is 0 Å². The Hall–Kier alpha value is -1.78. The van der Waals surface area contributed by atoms with Gasteiger partial charge >= 0.3 is 6.03 Å². The summed E-state index contributed by atoms with van der Waals surface area (Å²) in [5.74, 6) is 0. The molecule has 1 aliphatic rings. The Bertz CT molecular complexity index is 478. The molecule has 116 valence electrons. The average Bonchev–Trinajstić information content (AvgIpc) is 2.72. The first-order valence-electron chi connectivity index (χ1n) is 7.92. The number of aromatic nitrogens is 2. The normalized spacial score (nSPS) is 15.2. The second-order valence-electron chi connectivity index (χ2n) is 5.63. The maximum absolute atomic E-state index is 11.7. The average molecular weight is 290 g/mol. The van der Waals surface area contributed by atoms with Gasteiger partial charge in [0.15, 0.2) is 0 Å². The summed E-state index contributed by atoms with van der Waals surface area (Å²) in [5, 5.41) is 10.1. The Balaban J connectivity index is 1.56. The second-order valence-corrected chi connectivity index (χ2v) is 5.63. The van der Waals surface area contributed by atoms with Gasteiger partial charge in [0.05, 0.1) is 5.69 Å². The van der Waals surface area contributed by atoms with E-state index in [1.165, 1.54) is 37.7 Å². The number of nitrogens with zero attached hydrogens (tertiary/aromatic N) is 2. The van der Waals surface area contributed by atoms with Crippen LogP contribution in [0.1, 0.15) is 44.2 Å². The summed E-state index contributed by atoms with van der Waals surface area (Å²) in [6.45, 7) is 1.34. The van der Waals surface area contributed by atoms with E-state index in [4.69, 9.17) is 0 Å². The third kappa shape index (κ3) is 6.02. The summed E-state index contributed by atoms with van der Waals surface area (Å²) in [5.41, 5.74) is 2.50. The van der Waals surface area contributed by atoms with Crippen LogP contribution < -0.4 is 10.6 Å². The molecule has 1 heterocycles. The van der Waals surface area contributed by atoms with Gasteiger partial charge in [0, 0.05) is 32.8 Å². The molecule has 1 aliphatic carbocycles. The highest BCUT2D eigenvalue weighted by molar-refractivity contribution is 5.73. The Morgan fingerprint density at radius 1 is 1.24 bits per heavy atom. The van der Waals surface area contributed by atoms with Gasteiger partial charge in [-0.15, -0.1) is 0 Å². The van der Waals surface area contributed by atoms with Gasteiger partial charge in [0.2, 0.25) is 0 Å². The molecule has 0 unspecified atom stereocenters. The zero-order valence-electron chi connectivity index (χ0n) is 12.9. The fourth-order valence-electron chi connectivity index (χ4n) is 2.61. The predicted molar refractivity (Wildman–Crippen MR) is 84.1 cm³/mol. The number of carbonyl (C=O) groups is 1. The minimum absolute atomic E-state index is 0.0832. The lowest BCUT2D eigenvalue weighted by Crippen LogP contribution is -2.37. The smallest absolute Gasteiger partial charge is 0.314 e. The third-order valence-corrected chi connectivity index (χ3v) is 3.80. The molecule has 1 aromatic heterocycles. The second kappa shape index (κ2) is 8.49. The van der Waals surface area contributed by atoms with Gasteiger partial charge in [0.25, 0.3) is 0 Å². The number of hydrogen-bond acceptors (Lipinski definition) is 2. The van der Waals surface area contributed by atoms with Crippen LogP contribution >= 0.6 is 0 Å². The number of hydrogen-bond donors (Lipinski definition) is 2. The van der Waals surface area contributed by atoms with E-state index in [9.17, 15) is 4.79 Å². The fourth-order valence-corrected chi connectivity index (χ4v) is 2.61. The van der Waals surface area contributed by atoms with Gasteiger partial charge in [-0.05, 0) is 38.2 Å². The summed E-state index contributed by atoms with van der Waals surface area (Å²) in [6, 6.07) is 1.89. The van der Waals surface area contributed by atoms with Crippen LogP contribution in [0.25, 0.3) is 0 Å². The molecule has 2 amide bonds. The van der Waals surface area contributed by atoms with Crippen molar-refractivity contribution in [3.05, 3.63) is 29.6 Å². The molecule has 5 heteroatoms. The molecular formula is C16H26N4O. The Morgan fingerprint density at radius 3 is 2.81 bits per heavy atom. The van der Waals surface area contributed by atoms with E-state index in [2.05, 4.69) is 21.8 Å². The van der Waals surface area contributed by atoms with Gasteiger partial charge in [-0.1, -0.05) is 18.1 Å². The SMILES string of the molecule is Cn1ccc(CCNC(=O)NCCC2=CCCCCC2)n1. The van der Waals surface area contributed by atoms with Crippen molar-refractivity contribution in [2.24, 2.45) is 7.05 Å². The molecule has 1 aromatic rings. The van der Waals surface area contributed by atoms with Crippen molar-refractivity contribution in [1.82, 2.24) is 20.4 Å². The van der Waals surface area contributed by atoms with Gasteiger partial charge in [-0.2, -0.15) is 5.10 Å². The molecule has 2 N–H and O–H groups in total. The molecule has 0 atom stereocenters. The molecule has 0 bridgehead atoms. The standard InChI is InChI=1S/C16H26N4O/c1-20-13-10-15(19-20)9-12-18-16(21)17-11-8-14-6-4-2-3-5-7-14/h6,10,13H,2-5,7-9,11-12H2,1H3,(H2,17,18,21). The fraction of sp³-hybridized carbons (Fsp3) is 0.625. The van der Waals surface area contributed by atoms with Crippen LogP contribution in [-0.4, -0.2) is 28.9 Å². The summed E-state index contributed by atoms with van der Waals surface area (Å²) >= 11 is 0. The topological polar surface area (TPSA) is 59.0 Å². The number of nitrogens with one attached hydrogen (secondary N) is 2. The molecule has 21 heavy (non-hydrogen) atoms. The van der Waals surface area contributed by atoms with Crippen molar-refractivity contribution in [2.45, 2.75) is 44.9 Å². The minimum Gasteiger partial charge on any atom is -0.338 e. The maximum atomic E-state index is 11.7. The molecule has 0 radical (unpaired) electrons. The van der Waals surface area contributed by atoms with Crippen LogP contribution in [0.15, 0.2) is 23.9 Å². The summed E-state index contributed by atoms with van der Waals surface area (Å²) in [6.07, 6.45) is 12.3. The van der Waals surface area contributed by atoms with Crippen molar-refractivity contribution >= 4 is 6.03 Å². The first kappa shape index (κ1) is 15.6. The summed E-state index contributed by atoms with van der Waals surface area (Å²) in [7, 11) is 1.89. The van der Waals surface area contributed by atoms with Gasteiger partial charge < -0.3 is 10.6 Å². The van der Waals surface area contributed by atoms with Crippen molar-refractivity contribution in [3.8, 4) is 0 Å². The van der Waals surface area contributed by atoms with E-state index >= 15 is 0 Å². The molecule has 5 nitrogen and oxygen atoms in total. The number of urea groups is 1. The Kier molecular flexibility index (Phi) is 6.31. The van der Waals surface area contributed by atoms with Crippen LogP contribution in [0.4, 0.5) is 4.79 Å². The van der Waals surface area contributed by atoms with Crippen LogP contribution in [0.5, 0.6) is 0 Å². The highest BCUT2D eigenvalue weighted by Gasteiger charge is 2.04. The van der Waals surface area contributed by atoms with E-state index in [1.54, 1.807) is 4.68 Å². The minimum atomic E-state index is -0.0832. The Labute approximate surface area is 126 Å².